The molecule has 1 unspecified atom stereocenters. The van der Waals surface area contributed by atoms with Crippen molar-refractivity contribution in [2.24, 2.45) is 0 Å². The second-order valence-electron chi connectivity index (χ2n) is 4.25. The van der Waals surface area contributed by atoms with E-state index in [0.717, 1.165) is 5.56 Å². The maximum absolute atomic E-state index is 9.90. The van der Waals surface area contributed by atoms with E-state index in [1.807, 2.05) is 56.3 Å². The third kappa shape index (κ3) is 7.11. The minimum Gasteiger partial charge on any atom is -0.389 e. The van der Waals surface area contributed by atoms with Crippen molar-refractivity contribution in [1.29, 1.82) is 0 Å². The lowest BCUT2D eigenvalue weighted by molar-refractivity contribution is -0.142. The Bertz CT molecular complexity index is 342. The molecular weight excluding hydrogens is 240 g/mol. The molecule has 106 valence electrons. The number of aliphatic hydroxyl groups excluding tert-OH is 1. The van der Waals surface area contributed by atoms with Gasteiger partial charge < -0.3 is 14.6 Å². The molecule has 0 aliphatic carbocycles. The molecule has 1 rings (SSSR count). The van der Waals surface area contributed by atoms with Crippen LogP contribution >= 0.6 is 0 Å². The first kappa shape index (κ1) is 15.9. The van der Waals surface area contributed by atoms with Crippen molar-refractivity contribution in [3.05, 3.63) is 42.0 Å². The summed E-state index contributed by atoms with van der Waals surface area (Å²) in [5.41, 5.74) is 1.09. The zero-order valence-electron chi connectivity index (χ0n) is 11.8. The first-order chi connectivity index (χ1) is 9.26. The summed E-state index contributed by atoms with van der Waals surface area (Å²) < 4.78 is 10.9. The van der Waals surface area contributed by atoms with Gasteiger partial charge in [0.1, 0.15) is 0 Å². The van der Waals surface area contributed by atoms with Crippen LogP contribution in [0.25, 0.3) is 6.08 Å². The molecule has 0 aliphatic rings. The lowest BCUT2D eigenvalue weighted by Gasteiger charge is -2.17. The SMILES string of the molecule is CCOC(CCC(O)/C=C/c1ccccc1)OCC. The molecule has 1 aromatic rings. The Morgan fingerprint density at radius 1 is 1.05 bits per heavy atom. The average molecular weight is 264 g/mol. The molecule has 3 nitrogen and oxygen atoms in total. The second-order valence-corrected chi connectivity index (χ2v) is 4.25. The van der Waals surface area contributed by atoms with Crippen LogP contribution in [0.2, 0.25) is 0 Å². The summed E-state index contributed by atoms with van der Waals surface area (Å²) in [5.74, 6) is 0. The minimum absolute atomic E-state index is 0.213. The van der Waals surface area contributed by atoms with Crippen LogP contribution in [-0.2, 0) is 9.47 Å². The highest BCUT2D eigenvalue weighted by molar-refractivity contribution is 5.49. The van der Waals surface area contributed by atoms with E-state index in [1.54, 1.807) is 0 Å². The monoisotopic (exact) mass is 264 g/mol. The van der Waals surface area contributed by atoms with E-state index in [1.165, 1.54) is 0 Å². The lowest BCUT2D eigenvalue weighted by atomic mass is 10.1. The maximum atomic E-state index is 9.90. The van der Waals surface area contributed by atoms with Crippen LogP contribution in [0, 0.1) is 0 Å². The summed E-state index contributed by atoms with van der Waals surface area (Å²) in [6.45, 7) is 5.14. The molecule has 0 bridgehead atoms. The van der Waals surface area contributed by atoms with Crippen LogP contribution in [0.4, 0.5) is 0 Å². The highest BCUT2D eigenvalue weighted by Gasteiger charge is 2.10. The summed E-state index contributed by atoms with van der Waals surface area (Å²) in [5, 5.41) is 9.90. The van der Waals surface area contributed by atoms with Crippen molar-refractivity contribution < 1.29 is 14.6 Å². The van der Waals surface area contributed by atoms with Crippen LogP contribution in [0.1, 0.15) is 32.3 Å². The Labute approximate surface area is 115 Å². The molecule has 1 aromatic carbocycles. The molecule has 0 spiro atoms. The fourth-order valence-electron chi connectivity index (χ4n) is 1.78. The Hall–Kier alpha value is -1.16. The highest BCUT2D eigenvalue weighted by Crippen LogP contribution is 2.10. The minimum atomic E-state index is -0.469. The topological polar surface area (TPSA) is 38.7 Å². The van der Waals surface area contributed by atoms with Crippen LogP contribution in [-0.4, -0.2) is 30.7 Å². The van der Waals surface area contributed by atoms with Crippen LogP contribution in [0.15, 0.2) is 36.4 Å². The predicted octanol–water partition coefficient (Wildman–Crippen LogP) is 3.24. The van der Waals surface area contributed by atoms with Gasteiger partial charge in [0.15, 0.2) is 6.29 Å². The molecule has 0 fully saturated rings. The number of benzene rings is 1. The predicted molar refractivity (Wildman–Crippen MR) is 77.8 cm³/mol. The number of hydrogen-bond acceptors (Lipinski definition) is 3. The van der Waals surface area contributed by atoms with Crippen molar-refractivity contribution in [2.75, 3.05) is 13.2 Å². The second kappa shape index (κ2) is 9.73. The maximum Gasteiger partial charge on any atom is 0.157 e. The molecule has 1 N–H and O–H groups in total. The smallest absolute Gasteiger partial charge is 0.157 e. The first-order valence-electron chi connectivity index (χ1n) is 6.90. The van der Waals surface area contributed by atoms with Gasteiger partial charge in [-0.1, -0.05) is 42.5 Å². The normalized spacial score (nSPS) is 13.3. The molecule has 0 saturated heterocycles. The van der Waals surface area contributed by atoms with E-state index in [4.69, 9.17) is 9.47 Å². The summed E-state index contributed by atoms with van der Waals surface area (Å²) in [4.78, 5) is 0. The molecule has 1 atom stereocenters. The number of rotatable bonds is 9. The first-order valence-corrected chi connectivity index (χ1v) is 6.90. The molecule has 3 heteroatoms. The zero-order valence-corrected chi connectivity index (χ0v) is 11.8. The van der Waals surface area contributed by atoms with Crippen molar-refractivity contribution in [3.63, 3.8) is 0 Å². The molecule has 0 aliphatic heterocycles. The molecule has 0 aromatic heterocycles. The van der Waals surface area contributed by atoms with E-state index in [2.05, 4.69) is 0 Å². The van der Waals surface area contributed by atoms with E-state index in [0.29, 0.717) is 26.1 Å². The van der Waals surface area contributed by atoms with Gasteiger partial charge in [-0.3, -0.25) is 0 Å². The average Bonchev–Trinajstić information content (AvgIpc) is 2.44. The van der Waals surface area contributed by atoms with Gasteiger partial charge >= 0.3 is 0 Å². The third-order valence-corrected chi connectivity index (χ3v) is 2.71. The van der Waals surface area contributed by atoms with Gasteiger partial charge in [-0.2, -0.15) is 0 Å². The van der Waals surface area contributed by atoms with Crippen molar-refractivity contribution in [3.8, 4) is 0 Å². The Balaban J connectivity index is 2.33. The third-order valence-electron chi connectivity index (χ3n) is 2.71. The van der Waals surface area contributed by atoms with E-state index in [-0.39, 0.29) is 6.29 Å². The van der Waals surface area contributed by atoms with Gasteiger partial charge in [0.25, 0.3) is 0 Å². The van der Waals surface area contributed by atoms with Crippen LogP contribution < -0.4 is 0 Å². The fourth-order valence-corrected chi connectivity index (χ4v) is 1.78. The van der Waals surface area contributed by atoms with Gasteiger partial charge in [-0.05, 0) is 25.8 Å². The van der Waals surface area contributed by atoms with Gasteiger partial charge in [-0.25, -0.2) is 0 Å². The molecule has 0 saturated carbocycles. The molecular formula is C16H24O3. The standard InChI is InChI=1S/C16H24O3/c1-3-18-16(19-4-2)13-12-15(17)11-10-14-8-6-5-7-9-14/h5-11,15-17H,3-4,12-13H2,1-2H3/b11-10+. The molecule has 0 radical (unpaired) electrons. The van der Waals surface area contributed by atoms with E-state index in [9.17, 15) is 5.11 Å². The largest absolute Gasteiger partial charge is 0.389 e. The summed E-state index contributed by atoms with van der Waals surface area (Å²) >= 11 is 0. The van der Waals surface area contributed by atoms with Crippen LogP contribution in [0.3, 0.4) is 0 Å². The lowest BCUT2D eigenvalue weighted by Crippen LogP contribution is -2.19. The Morgan fingerprint density at radius 3 is 2.26 bits per heavy atom. The fraction of sp³-hybridized carbons (Fsp3) is 0.500. The zero-order chi connectivity index (χ0) is 13.9. The van der Waals surface area contributed by atoms with Gasteiger partial charge in [0.05, 0.1) is 6.10 Å². The van der Waals surface area contributed by atoms with Gasteiger partial charge in [0, 0.05) is 19.6 Å². The number of hydrogen-bond donors (Lipinski definition) is 1. The quantitative estimate of drug-likeness (QED) is 0.696. The Kier molecular flexibility index (Phi) is 8.14. The molecule has 0 amide bonds. The van der Waals surface area contributed by atoms with E-state index >= 15 is 0 Å². The van der Waals surface area contributed by atoms with Crippen molar-refractivity contribution >= 4 is 6.08 Å². The molecule has 19 heavy (non-hydrogen) atoms. The van der Waals surface area contributed by atoms with Gasteiger partial charge in [0.2, 0.25) is 0 Å². The van der Waals surface area contributed by atoms with Crippen molar-refractivity contribution in [2.45, 2.75) is 39.1 Å². The highest BCUT2D eigenvalue weighted by atomic mass is 16.7. The number of aliphatic hydroxyl groups is 1. The van der Waals surface area contributed by atoms with Crippen molar-refractivity contribution in [1.82, 2.24) is 0 Å². The summed E-state index contributed by atoms with van der Waals surface area (Å²) in [6, 6.07) is 9.94. The van der Waals surface area contributed by atoms with Gasteiger partial charge in [-0.15, -0.1) is 0 Å². The molecule has 0 heterocycles. The number of ether oxygens (including phenoxy) is 2. The van der Waals surface area contributed by atoms with E-state index < -0.39 is 6.10 Å². The van der Waals surface area contributed by atoms with Crippen LogP contribution in [0.5, 0.6) is 0 Å². The summed E-state index contributed by atoms with van der Waals surface area (Å²) in [6.07, 6.45) is 4.39. The Morgan fingerprint density at radius 2 is 1.68 bits per heavy atom. The summed E-state index contributed by atoms with van der Waals surface area (Å²) in [7, 11) is 0.